The van der Waals surface area contributed by atoms with Crippen LogP contribution in [0.1, 0.15) is 36.2 Å². The second-order valence-electron chi connectivity index (χ2n) is 7.91. The van der Waals surface area contributed by atoms with Gasteiger partial charge in [0, 0.05) is 63.5 Å². The minimum Gasteiger partial charge on any atom is -0.352 e. The van der Waals surface area contributed by atoms with Crippen LogP contribution in [0.4, 0.5) is 5.69 Å². The average Bonchev–Trinajstić information content (AvgIpc) is 3.10. The standard InChI is InChI=1S/C21H32N4O2/c1-4-20(26)25-8-7-17-13-18(5-6-19(17)25)21(27)22-14-16(2)15-24-11-9-23(3)10-12-24/h5-6,13,16H,4,7-12,14-15H2,1-3H3,(H,22,27). The first-order valence-electron chi connectivity index (χ1n) is 10.1. The Morgan fingerprint density at radius 1 is 1.15 bits per heavy atom. The number of rotatable bonds is 6. The number of benzene rings is 1. The molecule has 3 rings (SSSR count). The van der Waals surface area contributed by atoms with Crippen LogP contribution in [0, 0.1) is 5.92 Å². The summed E-state index contributed by atoms with van der Waals surface area (Å²) in [5.41, 5.74) is 2.74. The molecule has 1 fully saturated rings. The highest BCUT2D eigenvalue weighted by molar-refractivity contribution is 5.98. The molecule has 1 N–H and O–H groups in total. The average molecular weight is 373 g/mol. The van der Waals surface area contributed by atoms with Crippen LogP contribution >= 0.6 is 0 Å². The van der Waals surface area contributed by atoms with Crippen molar-refractivity contribution in [2.24, 2.45) is 5.92 Å². The SMILES string of the molecule is CCC(=O)N1CCc2cc(C(=O)NCC(C)CN3CCN(C)CC3)ccc21. The van der Waals surface area contributed by atoms with Gasteiger partial charge in [0.15, 0.2) is 0 Å². The van der Waals surface area contributed by atoms with Gasteiger partial charge < -0.3 is 20.0 Å². The van der Waals surface area contributed by atoms with Gasteiger partial charge in [0.05, 0.1) is 0 Å². The first-order chi connectivity index (χ1) is 13.0. The molecule has 6 heteroatoms. The van der Waals surface area contributed by atoms with E-state index in [1.807, 2.05) is 30.0 Å². The van der Waals surface area contributed by atoms with Gasteiger partial charge in [-0.2, -0.15) is 0 Å². The van der Waals surface area contributed by atoms with Crippen LogP contribution in [0.3, 0.4) is 0 Å². The molecule has 148 valence electrons. The van der Waals surface area contributed by atoms with Crippen molar-refractivity contribution in [3.05, 3.63) is 29.3 Å². The molecule has 27 heavy (non-hydrogen) atoms. The largest absolute Gasteiger partial charge is 0.352 e. The van der Waals surface area contributed by atoms with Crippen molar-refractivity contribution in [1.29, 1.82) is 0 Å². The highest BCUT2D eigenvalue weighted by Crippen LogP contribution is 2.29. The van der Waals surface area contributed by atoms with Gasteiger partial charge in [0.2, 0.25) is 5.91 Å². The first kappa shape index (κ1) is 19.8. The number of likely N-dealkylation sites (N-methyl/N-ethyl adjacent to an activating group) is 1. The van der Waals surface area contributed by atoms with Crippen molar-refractivity contribution in [3.63, 3.8) is 0 Å². The van der Waals surface area contributed by atoms with Crippen molar-refractivity contribution >= 4 is 17.5 Å². The number of anilines is 1. The second-order valence-corrected chi connectivity index (χ2v) is 7.91. The number of nitrogens with one attached hydrogen (secondary N) is 1. The molecule has 0 radical (unpaired) electrons. The highest BCUT2D eigenvalue weighted by atomic mass is 16.2. The zero-order valence-electron chi connectivity index (χ0n) is 16.8. The highest BCUT2D eigenvalue weighted by Gasteiger charge is 2.24. The summed E-state index contributed by atoms with van der Waals surface area (Å²) in [5.74, 6) is 0.538. The molecule has 0 bridgehead atoms. The van der Waals surface area contributed by atoms with E-state index in [1.165, 1.54) is 0 Å². The van der Waals surface area contributed by atoms with E-state index in [0.29, 0.717) is 24.4 Å². The Labute approximate surface area is 162 Å². The third kappa shape index (κ3) is 4.87. The topological polar surface area (TPSA) is 55.9 Å². The van der Waals surface area contributed by atoms with Gasteiger partial charge in [-0.25, -0.2) is 0 Å². The molecule has 1 saturated heterocycles. The Morgan fingerprint density at radius 2 is 1.89 bits per heavy atom. The number of piperazine rings is 1. The van der Waals surface area contributed by atoms with Gasteiger partial charge in [-0.1, -0.05) is 13.8 Å². The van der Waals surface area contributed by atoms with Gasteiger partial charge >= 0.3 is 0 Å². The maximum Gasteiger partial charge on any atom is 0.251 e. The number of hydrogen-bond donors (Lipinski definition) is 1. The molecule has 2 aliphatic rings. The zero-order valence-corrected chi connectivity index (χ0v) is 16.8. The molecule has 2 heterocycles. The van der Waals surface area contributed by atoms with Crippen molar-refractivity contribution in [3.8, 4) is 0 Å². The predicted molar refractivity (Wildman–Crippen MR) is 108 cm³/mol. The Morgan fingerprint density at radius 3 is 2.59 bits per heavy atom. The lowest BCUT2D eigenvalue weighted by molar-refractivity contribution is -0.118. The molecule has 2 aliphatic heterocycles. The molecule has 0 aromatic heterocycles. The smallest absolute Gasteiger partial charge is 0.251 e. The summed E-state index contributed by atoms with van der Waals surface area (Å²) in [4.78, 5) is 31.2. The Bertz CT molecular complexity index is 683. The van der Waals surface area contributed by atoms with Crippen molar-refractivity contribution in [1.82, 2.24) is 15.1 Å². The molecule has 1 aromatic rings. The fourth-order valence-electron chi connectivity index (χ4n) is 3.90. The fraction of sp³-hybridized carbons (Fsp3) is 0.619. The van der Waals surface area contributed by atoms with Crippen LogP contribution < -0.4 is 10.2 Å². The molecule has 1 unspecified atom stereocenters. The molecule has 0 saturated carbocycles. The van der Waals surface area contributed by atoms with E-state index in [1.54, 1.807) is 0 Å². The number of nitrogens with zero attached hydrogens (tertiary/aromatic N) is 3. The molecular weight excluding hydrogens is 340 g/mol. The second kappa shape index (κ2) is 8.85. The summed E-state index contributed by atoms with van der Waals surface area (Å²) in [6.07, 6.45) is 1.33. The molecule has 0 spiro atoms. The molecular formula is C21H32N4O2. The van der Waals surface area contributed by atoms with Crippen LogP contribution in [-0.4, -0.2) is 74.5 Å². The Balaban J connectivity index is 1.51. The number of amides is 2. The van der Waals surface area contributed by atoms with Crippen LogP contribution in [0.2, 0.25) is 0 Å². The summed E-state index contributed by atoms with van der Waals surface area (Å²) in [7, 11) is 2.16. The number of carbonyl (C=O) groups is 2. The van der Waals surface area contributed by atoms with E-state index < -0.39 is 0 Å². The van der Waals surface area contributed by atoms with E-state index in [0.717, 1.165) is 56.9 Å². The van der Waals surface area contributed by atoms with Crippen molar-refractivity contribution in [2.75, 3.05) is 57.8 Å². The Kier molecular flexibility index (Phi) is 6.50. The summed E-state index contributed by atoms with van der Waals surface area (Å²) < 4.78 is 0. The summed E-state index contributed by atoms with van der Waals surface area (Å²) in [5, 5.41) is 3.08. The summed E-state index contributed by atoms with van der Waals surface area (Å²) in [6.45, 7) is 10.9. The maximum atomic E-state index is 12.5. The molecule has 1 aromatic carbocycles. The van der Waals surface area contributed by atoms with Crippen LogP contribution in [0.25, 0.3) is 0 Å². The van der Waals surface area contributed by atoms with Crippen LogP contribution in [0.5, 0.6) is 0 Å². The van der Waals surface area contributed by atoms with E-state index >= 15 is 0 Å². The normalized spacial score (nSPS) is 19.0. The van der Waals surface area contributed by atoms with Crippen molar-refractivity contribution in [2.45, 2.75) is 26.7 Å². The lowest BCUT2D eigenvalue weighted by Crippen LogP contribution is -2.46. The fourth-order valence-corrected chi connectivity index (χ4v) is 3.90. The maximum absolute atomic E-state index is 12.5. The molecule has 2 amide bonds. The predicted octanol–water partition coefficient (Wildman–Crippen LogP) is 1.60. The van der Waals surface area contributed by atoms with Gasteiger partial charge in [0.25, 0.3) is 5.91 Å². The molecule has 6 nitrogen and oxygen atoms in total. The third-order valence-corrected chi connectivity index (χ3v) is 5.62. The Hall–Kier alpha value is -1.92. The number of carbonyl (C=O) groups excluding carboxylic acids is 2. The minimum absolute atomic E-state index is 0.0247. The lowest BCUT2D eigenvalue weighted by Gasteiger charge is -2.33. The van der Waals surface area contributed by atoms with Gasteiger partial charge in [-0.05, 0) is 43.1 Å². The summed E-state index contributed by atoms with van der Waals surface area (Å²) in [6, 6.07) is 5.69. The molecule has 0 aliphatic carbocycles. The van der Waals surface area contributed by atoms with Gasteiger partial charge in [-0.15, -0.1) is 0 Å². The third-order valence-electron chi connectivity index (χ3n) is 5.62. The van der Waals surface area contributed by atoms with E-state index in [2.05, 4.69) is 29.1 Å². The van der Waals surface area contributed by atoms with Crippen molar-refractivity contribution < 1.29 is 9.59 Å². The van der Waals surface area contributed by atoms with Crippen LogP contribution in [0.15, 0.2) is 18.2 Å². The van der Waals surface area contributed by atoms with Gasteiger partial charge in [0.1, 0.15) is 0 Å². The number of fused-ring (bicyclic) bond motifs is 1. The summed E-state index contributed by atoms with van der Waals surface area (Å²) >= 11 is 0. The monoisotopic (exact) mass is 372 g/mol. The van der Waals surface area contributed by atoms with Gasteiger partial charge in [-0.3, -0.25) is 9.59 Å². The minimum atomic E-state index is -0.0247. The van der Waals surface area contributed by atoms with E-state index in [4.69, 9.17) is 0 Å². The number of hydrogen-bond acceptors (Lipinski definition) is 4. The lowest BCUT2D eigenvalue weighted by atomic mass is 10.1. The zero-order chi connectivity index (χ0) is 19.4. The quantitative estimate of drug-likeness (QED) is 0.824. The van der Waals surface area contributed by atoms with Crippen LogP contribution in [-0.2, 0) is 11.2 Å². The van der Waals surface area contributed by atoms with E-state index in [-0.39, 0.29) is 11.8 Å². The van der Waals surface area contributed by atoms with E-state index in [9.17, 15) is 9.59 Å². The molecule has 1 atom stereocenters. The first-order valence-corrected chi connectivity index (χ1v) is 10.1.